The molecule has 0 saturated carbocycles. The van der Waals surface area contributed by atoms with Crippen molar-refractivity contribution in [1.29, 1.82) is 0 Å². The fraction of sp³-hybridized carbons (Fsp3) is 0.423. The van der Waals surface area contributed by atoms with Crippen LogP contribution in [0.2, 0.25) is 0 Å². The fourth-order valence-electron chi connectivity index (χ4n) is 3.86. The Morgan fingerprint density at radius 3 is 2.41 bits per heavy atom. The summed E-state index contributed by atoms with van der Waals surface area (Å²) in [6, 6.07) is 12.4. The predicted molar refractivity (Wildman–Crippen MR) is 133 cm³/mol. The first-order chi connectivity index (χ1) is 16.4. The van der Waals surface area contributed by atoms with E-state index in [1.54, 1.807) is 24.3 Å². The molecule has 182 valence electrons. The Hall–Kier alpha value is -3.55. The molecular weight excluding hydrogens is 434 g/mol. The smallest absolute Gasteiger partial charge is 0.332 e. The summed E-state index contributed by atoms with van der Waals surface area (Å²) in [6.07, 6.45) is 1.23. The van der Waals surface area contributed by atoms with Crippen molar-refractivity contribution >= 4 is 16.8 Å². The fourth-order valence-corrected chi connectivity index (χ4v) is 3.86. The zero-order chi connectivity index (χ0) is 24.7. The van der Waals surface area contributed by atoms with Crippen molar-refractivity contribution in [1.82, 2.24) is 14.5 Å². The number of benzene rings is 2. The number of nitrogens with one attached hydrogen (secondary N) is 1. The summed E-state index contributed by atoms with van der Waals surface area (Å²) >= 11 is 0. The van der Waals surface area contributed by atoms with Gasteiger partial charge in [0.1, 0.15) is 6.54 Å². The first-order valence-corrected chi connectivity index (χ1v) is 11.8. The van der Waals surface area contributed by atoms with E-state index in [0.717, 1.165) is 5.56 Å². The normalized spacial score (nSPS) is 11.9. The minimum atomic E-state index is -0.471. The first kappa shape index (κ1) is 25.1. The number of rotatable bonds is 11. The number of aromatic nitrogens is 2. The molecular formula is C26H33N3O5. The zero-order valence-corrected chi connectivity index (χ0v) is 20.3. The zero-order valence-electron chi connectivity index (χ0n) is 20.3. The van der Waals surface area contributed by atoms with Crippen molar-refractivity contribution in [2.45, 2.75) is 53.1 Å². The molecule has 3 aromatic rings. The topological polar surface area (TPSA) is 91.6 Å². The average Bonchev–Trinajstić information content (AvgIpc) is 2.83. The number of hydrogen-bond acceptors (Lipinski definition) is 5. The van der Waals surface area contributed by atoms with Crippen LogP contribution in [0.3, 0.4) is 0 Å². The molecule has 0 bridgehead atoms. The van der Waals surface area contributed by atoms with E-state index in [9.17, 15) is 14.4 Å². The molecule has 0 fully saturated rings. The van der Waals surface area contributed by atoms with Crippen molar-refractivity contribution in [3.63, 3.8) is 0 Å². The second-order valence-corrected chi connectivity index (χ2v) is 8.07. The summed E-state index contributed by atoms with van der Waals surface area (Å²) in [7, 11) is 0. The van der Waals surface area contributed by atoms with Crippen LogP contribution in [0.5, 0.6) is 11.5 Å². The van der Waals surface area contributed by atoms with Crippen LogP contribution in [0.25, 0.3) is 10.9 Å². The largest absolute Gasteiger partial charge is 0.490 e. The van der Waals surface area contributed by atoms with Gasteiger partial charge in [-0.2, -0.15) is 0 Å². The number of amides is 1. The van der Waals surface area contributed by atoms with E-state index in [4.69, 9.17) is 9.47 Å². The molecule has 0 aliphatic heterocycles. The highest BCUT2D eigenvalue weighted by atomic mass is 16.5. The molecule has 8 nitrogen and oxygen atoms in total. The molecule has 0 radical (unpaired) electrons. The summed E-state index contributed by atoms with van der Waals surface area (Å²) in [5.74, 6) is 1.08. The third-order valence-corrected chi connectivity index (χ3v) is 5.76. The van der Waals surface area contributed by atoms with Gasteiger partial charge in [0.2, 0.25) is 5.91 Å². The Kier molecular flexibility index (Phi) is 8.51. The molecule has 34 heavy (non-hydrogen) atoms. The van der Waals surface area contributed by atoms with Gasteiger partial charge in [0.25, 0.3) is 5.56 Å². The van der Waals surface area contributed by atoms with Crippen LogP contribution in [-0.2, 0) is 17.8 Å². The van der Waals surface area contributed by atoms with E-state index in [1.807, 2.05) is 45.9 Å². The molecule has 1 N–H and O–H groups in total. The van der Waals surface area contributed by atoms with Gasteiger partial charge in [-0.05, 0) is 63.4 Å². The summed E-state index contributed by atoms with van der Waals surface area (Å²) in [5.41, 5.74) is 0.661. The number of carbonyl (C=O) groups is 1. The van der Waals surface area contributed by atoms with E-state index in [2.05, 4.69) is 5.32 Å². The molecule has 0 aliphatic rings. The van der Waals surface area contributed by atoms with Crippen LogP contribution in [0.1, 0.15) is 45.7 Å². The number of hydrogen-bond donors (Lipinski definition) is 1. The van der Waals surface area contributed by atoms with Crippen molar-refractivity contribution in [2.75, 3.05) is 19.8 Å². The Morgan fingerprint density at radius 1 is 1.00 bits per heavy atom. The third-order valence-electron chi connectivity index (χ3n) is 5.76. The number of para-hydroxylation sites is 1. The molecule has 1 heterocycles. The van der Waals surface area contributed by atoms with Gasteiger partial charge in [-0.25, -0.2) is 4.79 Å². The van der Waals surface area contributed by atoms with E-state index < -0.39 is 5.69 Å². The van der Waals surface area contributed by atoms with Gasteiger partial charge in [0.15, 0.2) is 11.5 Å². The highest BCUT2D eigenvalue weighted by Gasteiger charge is 2.18. The number of fused-ring (bicyclic) bond motifs is 1. The second-order valence-electron chi connectivity index (χ2n) is 8.07. The third kappa shape index (κ3) is 5.50. The maximum absolute atomic E-state index is 13.1. The van der Waals surface area contributed by atoms with Crippen molar-refractivity contribution in [3.8, 4) is 11.5 Å². The number of ether oxygens (including phenoxy) is 2. The van der Waals surface area contributed by atoms with Crippen LogP contribution in [-0.4, -0.2) is 34.8 Å². The monoisotopic (exact) mass is 467 g/mol. The van der Waals surface area contributed by atoms with Crippen LogP contribution in [0.15, 0.2) is 52.1 Å². The molecule has 1 amide bonds. The predicted octanol–water partition coefficient (Wildman–Crippen LogP) is 3.29. The molecule has 1 atom stereocenters. The van der Waals surface area contributed by atoms with Crippen molar-refractivity contribution < 1.29 is 14.3 Å². The van der Waals surface area contributed by atoms with Gasteiger partial charge >= 0.3 is 5.69 Å². The summed E-state index contributed by atoms with van der Waals surface area (Å²) in [5, 5.41) is 3.31. The maximum atomic E-state index is 13.1. The maximum Gasteiger partial charge on any atom is 0.332 e. The van der Waals surface area contributed by atoms with Gasteiger partial charge in [0.05, 0.1) is 24.1 Å². The lowest BCUT2D eigenvalue weighted by atomic mass is 10.1. The standard InChI is InChI=1S/C26H33N3O5/c1-5-18(4)29-25(31)20-10-8-9-11-21(20)28(26(29)32)17-24(30)27-15-14-19-12-13-22(33-6-2)23(16-19)34-7-3/h8-13,16,18H,5-7,14-15,17H2,1-4H3,(H,27,30)/t18-/m1/s1. The van der Waals surface area contributed by atoms with Gasteiger partial charge < -0.3 is 14.8 Å². The van der Waals surface area contributed by atoms with Crippen molar-refractivity contribution in [3.05, 3.63) is 68.9 Å². The summed E-state index contributed by atoms with van der Waals surface area (Å²) < 4.78 is 13.9. The van der Waals surface area contributed by atoms with Crippen LogP contribution in [0.4, 0.5) is 0 Å². The highest BCUT2D eigenvalue weighted by molar-refractivity contribution is 5.81. The molecule has 0 unspecified atom stereocenters. The lowest BCUT2D eigenvalue weighted by molar-refractivity contribution is -0.121. The molecule has 0 spiro atoms. The molecule has 0 saturated heterocycles. The van der Waals surface area contributed by atoms with E-state index in [-0.39, 0.29) is 24.1 Å². The highest BCUT2D eigenvalue weighted by Crippen LogP contribution is 2.28. The SMILES string of the molecule is CCOc1ccc(CCNC(=O)Cn2c(=O)n([C@H](C)CC)c(=O)c3ccccc32)cc1OCC. The van der Waals surface area contributed by atoms with E-state index in [0.29, 0.717) is 55.0 Å². The Balaban J connectivity index is 1.76. The number of carbonyl (C=O) groups excluding carboxylic acids is 1. The van der Waals surface area contributed by atoms with Gasteiger partial charge in [-0.3, -0.25) is 18.7 Å². The van der Waals surface area contributed by atoms with Crippen LogP contribution < -0.4 is 26.0 Å². The quantitative estimate of drug-likeness (QED) is 0.467. The van der Waals surface area contributed by atoms with Crippen LogP contribution >= 0.6 is 0 Å². The average molecular weight is 468 g/mol. The minimum Gasteiger partial charge on any atom is -0.490 e. The lowest BCUT2D eigenvalue weighted by Gasteiger charge is -2.17. The van der Waals surface area contributed by atoms with E-state index in [1.165, 1.54) is 9.13 Å². The van der Waals surface area contributed by atoms with Gasteiger partial charge in [0, 0.05) is 12.6 Å². The summed E-state index contributed by atoms with van der Waals surface area (Å²) in [4.78, 5) is 38.8. The molecule has 3 rings (SSSR count). The molecule has 0 aliphatic carbocycles. The van der Waals surface area contributed by atoms with Gasteiger partial charge in [-0.15, -0.1) is 0 Å². The van der Waals surface area contributed by atoms with Crippen LogP contribution in [0, 0.1) is 0 Å². The second kappa shape index (κ2) is 11.5. The lowest BCUT2D eigenvalue weighted by Crippen LogP contribution is -2.44. The molecule has 1 aromatic heterocycles. The van der Waals surface area contributed by atoms with E-state index >= 15 is 0 Å². The molecule has 2 aromatic carbocycles. The Bertz CT molecular complexity index is 1260. The van der Waals surface area contributed by atoms with Crippen molar-refractivity contribution in [2.24, 2.45) is 0 Å². The Morgan fingerprint density at radius 2 is 1.71 bits per heavy atom. The Labute approximate surface area is 199 Å². The van der Waals surface area contributed by atoms with Gasteiger partial charge in [-0.1, -0.05) is 25.1 Å². The minimum absolute atomic E-state index is 0.163. The first-order valence-electron chi connectivity index (χ1n) is 11.8. The molecule has 8 heteroatoms. The summed E-state index contributed by atoms with van der Waals surface area (Å²) in [6.45, 7) is 8.90. The number of nitrogens with zero attached hydrogens (tertiary/aromatic N) is 2.